The Morgan fingerprint density at radius 1 is 1.25 bits per heavy atom. The Balaban J connectivity index is 1.59. The van der Waals surface area contributed by atoms with Crippen molar-refractivity contribution >= 4 is 17.7 Å². The number of carbonyl (C=O) groups is 2. The molecule has 0 spiro atoms. The molecule has 1 saturated carbocycles. The minimum atomic E-state index is -0.992. The number of anilines is 1. The van der Waals surface area contributed by atoms with Crippen LogP contribution in [0.4, 0.5) is 19.3 Å². The summed E-state index contributed by atoms with van der Waals surface area (Å²) in [6.07, 6.45) is -1.79. The number of ether oxygens (including phenoxy) is 2. The second-order valence-electron chi connectivity index (χ2n) is 6.31. The van der Waals surface area contributed by atoms with Gasteiger partial charge >= 0.3 is 6.09 Å². The number of nitrogens with one attached hydrogen (secondary N) is 1. The Labute approximate surface area is 136 Å². The highest BCUT2D eigenvalue weighted by Gasteiger charge is 2.56. The number of carbonyl (C=O) groups excluding carboxylic acids is 2. The van der Waals surface area contributed by atoms with Crippen molar-refractivity contribution in [1.29, 1.82) is 0 Å². The van der Waals surface area contributed by atoms with Crippen molar-refractivity contribution in [2.45, 2.75) is 12.0 Å². The average Bonchev–Trinajstić information content (AvgIpc) is 2.92. The van der Waals surface area contributed by atoms with E-state index >= 15 is 0 Å². The molecule has 6 nitrogen and oxygen atoms in total. The van der Waals surface area contributed by atoms with Crippen LogP contribution in [0.5, 0.6) is 0 Å². The van der Waals surface area contributed by atoms with E-state index in [1.807, 2.05) is 0 Å². The van der Waals surface area contributed by atoms with Crippen LogP contribution >= 0.6 is 0 Å². The van der Waals surface area contributed by atoms with Crippen molar-refractivity contribution in [2.75, 3.05) is 31.7 Å². The first-order chi connectivity index (χ1) is 11.5. The third-order valence-electron chi connectivity index (χ3n) is 5.01. The molecule has 1 aliphatic carbocycles. The fourth-order valence-electron chi connectivity index (χ4n) is 3.68. The number of hydrogen-bond acceptors (Lipinski definition) is 4. The van der Waals surface area contributed by atoms with Gasteiger partial charge in [0.1, 0.15) is 11.6 Å². The molecular weight excluding hydrogens is 322 g/mol. The van der Waals surface area contributed by atoms with Crippen LogP contribution in [-0.2, 0) is 14.3 Å². The van der Waals surface area contributed by atoms with Crippen LogP contribution < -0.4 is 10.2 Å². The molecule has 0 bridgehead atoms. The average molecular weight is 338 g/mol. The van der Waals surface area contributed by atoms with Crippen LogP contribution in [0, 0.1) is 23.5 Å². The molecule has 1 N–H and O–H groups in total. The molecule has 0 aromatic heterocycles. The minimum Gasteiger partial charge on any atom is -0.434 e. The maximum atomic E-state index is 14.5. The number of likely N-dealkylation sites (N-methyl/N-ethyl adjacent to an activating group) is 1. The molecular formula is C16H16F2N2O4. The van der Waals surface area contributed by atoms with Crippen molar-refractivity contribution in [3.63, 3.8) is 0 Å². The summed E-state index contributed by atoms with van der Waals surface area (Å²) in [5.41, 5.74) is 0.111. The molecule has 128 valence electrons. The first kappa shape index (κ1) is 15.3. The maximum Gasteiger partial charge on any atom is 0.415 e. The third-order valence-corrected chi connectivity index (χ3v) is 5.01. The zero-order chi connectivity index (χ0) is 17.0. The van der Waals surface area contributed by atoms with Gasteiger partial charge in [0, 0.05) is 18.5 Å². The lowest BCUT2D eigenvalue weighted by atomic mass is 10.0. The summed E-state index contributed by atoms with van der Waals surface area (Å²) in [5, 5.41) is 2.37. The van der Waals surface area contributed by atoms with Crippen LogP contribution in [0.25, 0.3) is 0 Å². The molecule has 2 saturated heterocycles. The van der Waals surface area contributed by atoms with E-state index in [0.29, 0.717) is 13.2 Å². The van der Waals surface area contributed by atoms with Gasteiger partial charge in [-0.15, -0.1) is 0 Å². The topological polar surface area (TPSA) is 67.9 Å². The van der Waals surface area contributed by atoms with Crippen LogP contribution in [0.15, 0.2) is 12.1 Å². The summed E-state index contributed by atoms with van der Waals surface area (Å²) in [6.45, 7) is 0.976. The molecule has 3 aliphatic rings. The number of benzene rings is 1. The van der Waals surface area contributed by atoms with E-state index in [1.165, 1.54) is 7.05 Å². The zero-order valence-electron chi connectivity index (χ0n) is 12.9. The lowest BCUT2D eigenvalue weighted by Crippen LogP contribution is -2.35. The van der Waals surface area contributed by atoms with Crippen LogP contribution in [0.3, 0.4) is 0 Å². The van der Waals surface area contributed by atoms with Crippen molar-refractivity contribution in [2.24, 2.45) is 11.8 Å². The summed E-state index contributed by atoms with van der Waals surface area (Å²) in [6, 6.07) is 2.25. The molecule has 4 atom stereocenters. The normalized spacial score (nSPS) is 31.0. The summed E-state index contributed by atoms with van der Waals surface area (Å²) < 4.78 is 39.1. The first-order valence-corrected chi connectivity index (χ1v) is 7.77. The molecule has 0 radical (unpaired) electrons. The molecule has 2 aliphatic heterocycles. The number of halogens is 2. The van der Waals surface area contributed by atoms with Gasteiger partial charge in [-0.25, -0.2) is 13.6 Å². The molecule has 2 heterocycles. The van der Waals surface area contributed by atoms with Crippen molar-refractivity contribution in [1.82, 2.24) is 5.32 Å². The van der Waals surface area contributed by atoms with Gasteiger partial charge in [-0.3, -0.25) is 9.69 Å². The summed E-state index contributed by atoms with van der Waals surface area (Å²) >= 11 is 0. The van der Waals surface area contributed by atoms with E-state index in [1.54, 1.807) is 0 Å². The fraction of sp³-hybridized carbons (Fsp3) is 0.500. The Bertz CT molecular complexity index is 693. The predicted octanol–water partition coefficient (Wildman–Crippen LogP) is 1.40. The second kappa shape index (κ2) is 5.41. The maximum absolute atomic E-state index is 14.5. The Kier molecular flexibility index (Phi) is 3.45. The lowest BCUT2D eigenvalue weighted by Gasteiger charge is -2.15. The van der Waals surface area contributed by atoms with E-state index in [9.17, 15) is 18.4 Å². The predicted molar refractivity (Wildman–Crippen MR) is 78.6 cm³/mol. The highest BCUT2D eigenvalue weighted by atomic mass is 19.1. The number of hydrogen-bond donors (Lipinski definition) is 1. The first-order valence-electron chi connectivity index (χ1n) is 7.77. The molecule has 1 aromatic carbocycles. The van der Waals surface area contributed by atoms with Crippen LogP contribution in [0.1, 0.15) is 11.5 Å². The van der Waals surface area contributed by atoms with Crippen LogP contribution in [-0.4, -0.2) is 44.9 Å². The molecule has 1 aromatic rings. The second-order valence-corrected chi connectivity index (χ2v) is 6.31. The van der Waals surface area contributed by atoms with Gasteiger partial charge in [-0.05, 0) is 24.0 Å². The highest BCUT2D eigenvalue weighted by molar-refractivity contribution is 5.95. The standard InChI is InChI=1S/C16H16F2N2O4/c1-19-15(21)12-4-20(16(22)24-12)7-2-10(17)14(11(18)3-7)13-8-5-23-6-9(8)13/h2-3,8-9,12-13H,4-6H2,1H3,(H,19,21)/t8-,9+,12-,13?/m1/s1. The third kappa shape index (κ3) is 2.24. The lowest BCUT2D eigenvalue weighted by molar-refractivity contribution is -0.127. The fourth-order valence-corrected chi connectivity index (χ4v) is 3.68. The van der Waals surface area contributed by atoms with Gasteiger partial charge in [-0.2, -0.15) is 0 Å². The molecule has 24 heavy (non-hydrogen) atoms. The smallest absolute Gasteiger partial charge is 0.415 e. The van der Waals surface area contributed by atoms with Gasteiger partial charge in [0.25, 0.3) is 5.91 Å². The molecule has 3 fully saturated rings. The summed E-state index contributed by atoms with van der Waals surface area (Å²) in [4.78, 5) is 24.5. The van der Waals surface area contributed by atoms with E-state index < -0.39 is 29.7 Å². The Hall–Kier alpha value is -2.22. The number of rotatable bonds is 3. The number of cyclic esters (lactones) is 1. The SMILES string of the molecule is CNC(=O)[C@H]1CN(c2cc(F)c(C3[C@H]4COC[C@@H]34)c(F)c2)C(=O)O1. The quantitative estimate of drug-likeness (QED) is 0.905. The Morgan fingerprint density at radius 3 is 2.46 bits per heavy atom. The minimum absolute atomic E-state index is 0.0483. The van der Waals surface area contributed by atoms with E-state index in [4.69, 9.17) is 9.47 Å². The van der Waals surface area contributed by atoms with Gasteiger partial charge in [-0.1, -0.05) is 0 Å². The molecule has 8 heteroatoms. The van der Waals surface area contributed by atoms with Gasteiger partial charge < -0.3 is 14.8 Å². The summed E-state index contributed by atoms with van der Waals surface area (Å²) in [5.74, 6) is -1.63. The number of amides is 2. The van der Waals surface area contributed by atoms with Crippen molar-refractivity contribution in [3.8, 4) is 0 Å². The van der Waals surface area contributed by atoms with Crippen molar-refractivity contribution < 1.29 is 27.8 Å². The monoisotopic (exact) mass is 338 g/mol. The molecule has 4 rings (SSSR count). The molecule has 1 unspecified atom stereocenters. The number of fused-ring (bicyclic) bond motifs is 1. The number of nitrogens with zero attached hydrogens (tertiary/aromatic N) is 1. The van der Waals surface area contributed by atoms with Crippen LogP contribution in [0.2, 0.25) is 0 Å². The van der Waals surface area contributed by atoms with E-state index in [0.717, 1.165) is 17.0 Å². The zero-order valence-corrected chi connectivity index (χ0v) is 12.9. The molecule has 2 amide bonds. The van der Waals surface area contributed by atoms with E-state index in [2.05, 4.69) is 5.32 Å². The van der Waals surface area contributed by atoms with Crippen molar-refractivity contribution in [3.05, 3.63) is 29.3 Å². The van der Waals surface area contributed by atoms with Gasteiger partial charge in [0.05, 0.1) is 25.4 Å². The highest BCUT2D eigenvalue weighted by Crippen LogP contribution is 2.58. The van der Waals surface area contributed by atoms with Gasteiger partial charge in [0.2, 0.25) is 0 Å². The van der Waals surface area contributed by atoms with E-state index in [-0.39, 0.29) is 35.5 Å². The summed E-state index contributed by atoms with van der Waals surface area (Å²) in [7, 11) is 1.42. The largest absolute Gasteiger partial charge is 0.434 e. The Morgan fingerprint density at radius 2 is 1.88 bits per heavy atom. The van der Waals surface area contributed by atoms with Gasteiger partial charge in [0.15, 0.2) is 6.10 Å².